The smallest absolute Gasteiger partial charge is 0.299 e. The molecule has 1 N–H and O–H groups in total. The van der Waals surface area contributed by atoms with Crippen molar-refractivity contribution in [3.8, 4) is 0 Å². The molecular weight excluding hydrogens is 362 g/mol. The molecule has 0 aliphatic carbocycles. The summed E-state index contributed by atoms with van der Waals surface area (Å²) in [6.07, 6.45) is 0. The van der Waals surface area contributed by atoms with Gasteiger partial charge in [-0.15, -0.1) is 0 Å². The quantitative estimate of drug-likeness (QED) is 0.577. The van der Waals surface area contributed by atoms with Gasteiger partial charge in [-0.25, -0.2) is 0 Å². The van der Waals surface area contributed by atoms with E-state index in [0.29, 0.717) is 18.8 Å². The van der Waals surface area contributed by atoms with Crippen molar-refractivity contribution in [1.29, 1.82) is 0 Å². The second kappa shape index (κ2) is 8.77. The van der Waals surface area contributed by atoms with Crippen molar-refractivity contribution < 1.29 is 9.85 Å². The minimum absolute atomic E-state index is 0.258. The predicted octanol–water partition coefficient (Wildman–Crippen LogP) is 2.90. The Balaban J connectivity index is 1.68. The molecule has 0 spiro atoms. The number of anilines is 1. The van der Waals surface area contributed by atoms with Gasteiger partial charge in [0.15, 0.2) is 0 Å². The fourth-order valence-electron chi connectivity index (χ4n) is 3.48. The highest BCUT2D eigenvalue weighted by molar-refractivity contribution is 5.65. The van der Waals surface area contributed by atoms with E-state index in [9.17, 15) is 20.2 Å². The normalized spacial score (nSPS) is 18.0. The monoisotopic (exact) mass is 385 g/mol. The van der Waals surface area contributed by atoms with E-state index in [1.54, 1.807) is 0 Å². The average molecular weight is 385 g/mol. The zero-order chi connectivity index (χ0) is 20.1. The lowest BCUT2D eigenvalue weighted by molar-refractivity contribution is -0.393. The minimum Gasteiger partial charge on any atom is -0.378 e. The maximum Gasteiger partial charge on any atom is 0.299 e. The van der Waals surface area contributed by atoms with Crippen LogP contribution in [-0.4, -0.2) is 59.4 Å². The number of non-ortho nitro benzene ring substituents is 1. The molecule has 9 nitrogen and oxygen atoms in total. The van der Waals surface area contributed by atoms with E-state index in [4.69, 9.17) is 0 Å². The van der Waals surface area contributed by atoms with Crippen LogP contribution >= 0.6 is 0 Å². The summed E-state index contributed by atoms with van der Waals surface area (Å²) in [7, 11) is 2.10. The molecule has 1 atom stereocenters. The first-order chi connectivity index (χ1) is 13.5. The highest BCUT2D eigenvalue weighted by atomic mass is 16.6. The molecule has 2 aromatic carbocycles. The van der Waals surface area contributed by atoms with E-state index < -0.39 is 9.85 Å². The molecule has 0 aromatic heterocycles. The van der Waals surface area contributed by atoms with Crippen LogP contribution in [0, 0.1) is 20.2 Å². The number of piperazine rings is 1. The van der Waals surface area contributed by atoms with Crippen molar-refractivity contribution in [3.63, 3.8) is 0 Å². The molecule has 1 heterocycles. The number of nitro groups is 2. The summed E-state index contributed by atoms with van der Waals surface area (Å²) in [6.45, 7) is 4.00. The summed E-state index contributed by atoms with van der Waals surface area (Å²) in [5.41, 5.74) is 0.962. The Labute approximate surface area is 162 Å². The number of benzene rings is 2. The molecule has 2 aromatic rings. The summed E-state index contributed by atoms with van der Waals surface area (Å²) in [5, 5.41) is 25.2. The molecule has 1 aliphatic heterocycles. The molecule has 28 heavy (non-hydrogen) atoms. The number of nitro benzene ring substituents is 2. The summed E-state index contributed by atoms with van der Waals surface area (Å²) in [6, 6.07) is 14.2. The number of hydrogen-bond acceptors (Lipinski definition) is 7. The van der Waals surface area contributed by atoms with E-state index >= 15 is 0 Å². The van der Waals surface area contributed by atoms with Crippen LogP contribution in [0.1, 0.15) is 11.6 Å². The summed E-state index contributed by atoms with van der Waals surface area (Å²) in [5.74, 6) is 0. The first-order valence-corrected chi connectivity index (χ1v) is 9.10. The first kappa shape index (κ1) is 19.7. The third kappa shape index (κ3) is 4.62. The predicted molar refractivity (Wildman–Crippen MR) is 106 cm³/mol. The van der Waals surface area contributed by atoms with Crippen LogP contribution in [0.2, 0.25) is 0 Å². The zero-order valence-corrected chi connectivity index (χ0v) is 15.7. The number of rotatable bonds is 7. The number of nitrogens with zero attached hydrogens (tertiary/aromatic N) is 4. The van der Waals surface area contributed by atoms with Crippen LogP contribution in [0.3, 0.4) is 0 Å². The summed E-state index contributed by atoms with van der Waals surface area (Å²) >= 11 is 0. The summed E-state index contributed by atoms with van der Waals surface area (Å²) in [4.78, 5) is 25.5. The molecule has 1 saturated heterocycles. The Hall–Kier alpha value is -3.04. The Morgan fingerprint density at radius 3 is 2.50 bits per heavy atom. The minimum atomic E-state index is -0.633. The molecule has 0 bridgehead atoms. The molecular formula is C19H23N5O4. The van der Waals surface area contributed by atoms with Crippen molar-refractivity contribution in [2.45, 2.75) is 6.04 Å². The van der Waals surface area contributed by atoms with Gasteiger partial charge in [0, 0.05) is 44.8 Å². The van der Waals surface area contributed by atoms with E-state index in [2.05, 4.69) is 34.3 Å². The first-order valence-electron chi connectivity index (χ1n) is 9.10. The van der Waals surface area contributed by atoms with Crippen LogP contribution in [0.4, 0.5) is 17.1 Å². The lowest BCUT2D eigenvalue weighted by Crippen LogP contribution is -2.48. The Bertz CT molecular complexity index is 845. The lowest BCUT2D eigenvalue weighted by atomic mass is 10.0. The molecule has 9 heteroatoms. The maximum atomic E-state index is 11.3. The van der Waals surface area contributed by atoms with Gasteiger partial charge >= 0.3 is 0 Å². The molecule has 1 fully saturated rings. The van der Waals surface area contributed by atoms with Crippen molar-refractivity contribution in [1.82, 2.24) is 9.80 Å². The van der Waals surface area contributed by atoms with E-state index in [-0.39, 0.29) is 17.4 Å². The topological polar surface area (TPSA) is 105 Å². The third-order valence-electron chi connectivity index (χ3n) is 4.98. The van der Waals surface area contributed by atoms with Crippen molar-refractivity contribution in [2.75, 3.05) is 45.1 Å². The fourth-order valence-corrected chi connectivity index (χ4v) is 3.48. The van der Waals surface area contributed by atoms with Gasteiger partial charge in [0.25, 0.3) is 11.4 Å². The fraction of sp³-hybridized carbons (Fsp3) is 0.368. The van der Waals surface area contributed by atoms with Crippen molar-refractivity contribution in [2.24, 2.45) is 0 Å². The molecule has 0 radical (unpaired) electrons. The van der Waals surface area contributed by atoms with E-state index in [1.165, 1.54) is 17.7 Å². The summed E-state index contributed by atoms with van der Waals surface area (Å²) < 4.78 is 0. The number of nitrogens with one attached hydrogen (secondary N) is 1. The average Bonchev–Trinajstić information content (AvgIpc) is 2.69. The van der Waals surface area contributed by atoms with Gasteiger partial charge < -0.3 is 10.2 Å². The zero-order valence-electron chi connectivity index (χ0n) is 15.7. The Morgan fingerprint density at radius 2 is 1.82 bits per heavy atom. The number of hydrogen-bond donors (Lipinski definition) is 1. The van der Waals surface area contributed by atoms with E-state index in [0.717, 1.165) is 25.7 Å². The SMILES string of the molecule is CN1CCN(CCNc2ccc([N+](=O)[O-])cc2[N+](=O)[O-])C(c2ccccc2)C1. The van der Waals surface area contributed by atoms with Crippen molar-refractivity contribution >= 4 is 17.1 Å². The van der Waals surface area contributed by atoms with Gasteiger partial charge in [-0.05, 0) is 18.7 Å². The van der Waals surface area contributed by atoms with Crippen LogP contribution in [0.5, 0.6) is 0 Å². The molecule has 0 saturated carbocycles. The molecule has 1 unspecified atom stereocenters. The second-order valence-electron chi connectivity index (χ2n) is 6.87. The van der Waals surface area contributed by atoms with Gasteiger partial charge in [0.2, 0.25) is 0 Å². The van der Waals surface area contributed by atoms with Gasteiger partial charge in [-0.2, -0.15) is 0 Å². The molecule has 148 valence electrons. The van der Waals surface area contributed by atoms with Crippen LogP contribution in [0.15, 0.2) is 48.5 Å². The van der Waals surface area contributed by atoms with E-state index in [1.807, 2.05) is 18.2 Å². The highest BCUT2D eigenvalue weighted by Gasteiger charge is 2.26. The Morgan fingerprint density at radius 1 is 1.07 bits per heavy atom. The standard InChI is InChI=1S/C19H23N5O4/c1-21-11-12-22(19(14-21)15-5-3-2-4-6-15)10-9-20-17-8-7-16(23(25)26)13-18(17)24(27)28/h2-8,13,19-20H,9-12,14H2,1H3. The van der Waals surface area contributed by atoms with Gasteiger partial charge in [-0.3, -0.25) is 25.1 Å². The molecule has 3 rings (SSSR count). The van der Waals surface area contributed by atoms with Gasteiger partial charge in [0.05, 0.1) is 15.9 Å². The van der Waals surface area contributed by atoms with Crippen LogP contribution in [0.25, 0.3) is 0 Å². The third-order valence-corrected chi connectivity index (χ3v) is 4.98. The van der Waals surface area contributed by atoms with Crippen LogP contribution < -0.4 is 5.32 Å². The largest absolute Gasteiger partial charge is 0.378 e. The second-order valence-corrected chi connectivity index (χ2v) is 6.87. The van der Waals surface area contributed by atoms with Gasteiger partial charge in [-0.1, -0.05) is 30.3 Å². The lowest BCUT2D eigenvalue weighted by Gasteiger charge is -2.40. The number of likely N-dealkylation sites (N-methyl/N-ethyl adjacent to an activating group) is 1. The maximum absolute atomic E-state index is 11.3. The van der Waals surface area contributed by atoms with Crippen LogP contribution in [-0.2, 0) is 0 Å². The molecule has 1 aliphatic rings. The molecule has 0 amide bonds. The van der Waals surface area contributed by atoms with Crippen molar-refractivity contribution in [3.05, 3.63) is 74.3 Å². The Kier molecular flexibility index (Phi) is 6.17. The van der Waals surface area contributed by atoms with Gasteiger partial charge in [0.1, 0.15) is 5.69 Å². The highest BCUT2D eigenvalue weighted by Crippen LogP contribution is 2.29.